The summed E-state index contributed by atoms with van der Waals surface area (Å²) in [7, 11) is 0. The second kappa shape index (κ2) is 4.54. The molecule has 0 heterocycles. The average molecular weight is 165 g/mol. The third-order valence-corrected chi connectivity index (χ3v) is 1.87. The lowest BCUT2D eigenvalue weighted by Crippen LogP contribution is -2.33. The van der Waals surface area contributed by atoms with E-state index in [1.54, 1.807) is 6.92 Å². The number of rotatable bonds is 4. The topological polar surface area (TPSA) is 83.5 Å². The predicted octanol–water partition coefficient (Wildman–Crippen LogP) is -0.530. The zero-order valence-electron chi connectivity index (χ0n) is 5.65. The molecule has 0 aliphatic heterocycles. The van der Waals surface area contributed by atoms with Gasteiger partial charge in [0.15, 0.2) is 0 Å². The van der Waals surface area contributed by atoms with Gasteiger partial charge in [-0.3, -0.25) is 4.79 Å². The molecule has 0 aromatic rings. The van der Waals surface area contributed by atoms with E-state index in [0.717, 1.165) is 11.8 Å². The molecule has 2 unspecified atom stereocenters. The lowest BCUT2D eigenvalue weighted by Gasteiger charge is -2.06. The molecule has 4 N–H and O–H groups in total. The molecule has 0 radical (unpaired) electrons. The van der Waals surface area contributed by atoms with Crippen LogP contribution in [0.4, 0.5) is 0 Å². The zero-order chi connectivity index (χ0) is 8.15. The van der Waals surface area contributed by atoms with Crippen molar-refractivity contribution in [3.8, 4) is 0 Å². The van der Waals surface area contributed by atoms with E-state index in [1.165, 1.54) is 0 Å². The van der Waals surface area contributed by atoms with Crippen LogP contribution in [0, 0.1) is 0 Å². The first-order valence-electron chi connectivity index (χ1n) is 2.82. The summed E-state index contributed by atoms with van der Waals surface area (Å²) in [5.74, 6) is -0.791. The van der Waals surface area contributed by atoms with Crippen molar-refractivity contribution in [3.63, 3.8) is 0 Å². The van der Waals surface area contributed by atoms with Gasteiger partial charge in [0.05, 0.1) is 5.44 Å². The lowest BCUT2D eigenvalue weighted by atomic mass is 10.4. The third kappa shape index (κ3) is 4.60. The summed E-state index contributed by atoms with van der Waals surface area (Å²) in [5, 5.41) is 17.0. The zero-order valence-corrected chi connectivity index (χ0v) is 6.47. The Labute approximate surface area is 63.4 Å². The minimum absolute atomic E-state index is 0.243. The summed E-state index contributed by atoms with van der Waals surface area (Å²) in [6.07, 6.45) is 0. The van der Waals surface area contributed by atoms with Gasteiger partial charge in [-0.05, 0) is 6.92 Å². The van der Waals surface area contributed by atoms with Crippen molar-refractivity contribution >= 4 is 17.7 Å². The molecule has 0 aliphatic carbocycles. The molecular weight excluding hydrogens is 154 g/mol. The van der Waals surface area contributed by atoms with Gasteiger partial charge < -0.3 is 15.9 Å². The lowest BCUT2D eigenvalue weighted by molar-refractivity contribution is -0.137. The standard InChI is InChI=1S/C5H11NO3S/c1-3(7)10-2-4(6)5(8)9/h3-4,7H,2,6H2,1H3,(H,8,9). The van der Waals surface area contributed by atoms with Crippen molar-refractivity contribution in [1.29, 1.82) is 0 Å². The van der Waals surface area contributed by atoms with Crippen molar-refractivity contribution in [3.05, 3.63) is 0 Å². The summed E-state index contributed by atoms with van der Waals surface area (Å²) in [6, 6.07) is -0.875. The third-order valence-electron chi connectivity index (χ3n) is 0.834. The number of carboxylic acid groups (broad SMARTS) is 1. The van der Waals surface area contributed by atoms with Gasteiger partial charge in [-0.25, -0.2) is 0 Å². The van der Waals surface area contributed by atoms with Crippen molar-refractivity contribution in [2.24, 2.45) is 5.73 Å². The van der Waals surface area contributed by atoms with Crippen LogP contribution in [0.15, 0.2) is 0 Å². The Hall–Kier alpha value is -0.260. The first-order chi connectivity index (χ1) is 4.54. The molecule has 0 aromatic carbocycles. The quantitative estimate of drug-likeness (QED) is 0.488. The fourth-order valence-corrected chi connectivity index (χ4v) is 0.943. The number of aliphatic carboxylic acids is 1. The molecule has 0 aliphatic rings. The molecule has 0 fully saturated rings. The van der Waals surface area contributed by atoms with Crippen molar-refractivity contribution in [1.82, 2.24) is 0 Å². The molecule has 0 saturated carbocycles. The van der Waals surface area contributed by atoms with Crippen LogP contribution in [0.2, 0.25) is 0 Å². The van der Waals surface area contributed by atoms with E-state index < -0.39 is 17.4 Å². The second-order valence-electron chi connectivity index (χ2n) is 1.88. The van der Waals surface area contributed by atoms with Gasteiger partial charge in [0.1, 0.15) is 6.04 Å². The van der Waals surface area contributed by atoms with Gasteiger partial charge in [0.25, 0.3) is 0 Å². The van der Waals surface area contributed by atoms with Crippen molar-refractivity contribution < 1.29 is 15.0 Å². The molecule has 0 saturated heterocycles. The smallest absolute Gasteiger partial charge is 0.321 e. The van der Waals surface area contributed by atoms with Crippen molar-refractivity contribution in [2.75, 3.05) is 5.75 Å². The fourth-order valence-electron chi connectivity index (χ4n) is 0.314. The molecule has 0 bridgehead atoms. The van der Waals surface area contributed by atoms with Crippen LogP contribution in [-0.4, -0.2) is 33.4 Å². The van der Waals surface area contributed by atoms with Crippen LogP contribution in [0.1, 0.15) is 6.92 Å². The number of thioether (sulfide) groups is 1. The highest BCUT2D eigenvalue weighted by Gasteiger charge is 2.11. The van der Waals surface area contributed by atoms with Crippen LogP contribution in [0.25, 0.3) is 0 Å². The van der Waals surface area contributed by atoms with Gasteiger partial charge in [-0.15, -0.1) is 11.8 Å². The van der Waals surface area contributed by atoms with Crippen LogP contribution in [0.5, 0.6) is 0 Å². The number of nitrogens with two attached hydrogens (primary N) is 1. The van der Waals surface area contributed by atoms with Gasteiger partial charge in [0.2, 0.25) is 0 Å². The van der Waals surface area contributed by atoms with Crippen LogP contribution in [0.3, 0.4) is 0 Å². The minimum atomic E-state index is -1.03. The Balaban J connectivity index is 3.40. The van der Waals surface area contributed by atoms with Crippen LogP contribution >= 0.6 is 11.8 Å². The van der Waals surface area contributed by atoms with Crippen LogP contribution in [-0.2, 0) is 4.79 Å². The van der Waals surface area contributed by atoms with Gasteiger partial charge in [0, 0.05) is 5.75 Å². The maximum Gasteiger partial charge on any atom is 0.321 e. The summed E-state index contributed by atoms with van der Waals surface area (Å²) >= 11 is 1.12. The first-order valence-corrected chi connectivity index (χ1v) is 3.87. The summed E-state index contributed by atoms with van der Waals surface area (Å²) in [6.45, 7) is 1.57. The number of aliphatic hydroxyl groups excluding tert-OH is 1. The predicted molar refractivity (Wildman–Crippen MR) is 39.8 cm³/mol. The van der Waals surface area contributed by atoms with Crippen molar-refractivity contribution in [2.45, 2.75) is 18.4 Å². The first kappa shape index (κ1) is 9.74. The molecule has 0 amide bonds. The monoisotopic (exact) mass is 165 g/mol. The maximum atomic E-state index is 10.1. The summed E-state index contributed by atoms with van der Waals surface area (Å²) < 4.78 is 0. The van der Waals surface area contributed by atoms with E-state index in [2.05, 4.69) is 0 Å². The molecule has 0 spiro atoms. The second-order valence-corrected chi connectivity index (χ2v) is 3.23. The number of aliphatic hydroxyl groups is 1. The van der Waals surface area contributed by atoms with E-state index in [9.17, 15) is 4.79 Å². The molecule has 2 atom stereocenters. The van der Waals surface area contributed by atoms with Gasteiger partial charge in [-0.2, -0.15) is 0 Å². The molecular formula is C5H11NO3S. The SMILES string of the molecule is CC(O)SCC(N)C(=O)O. The largest absolute Gasteiger partial charge is 0.480 e. The molecule has 10 heavy (non-hydrogen) atoms. The summed E-state index contributed by atoms with van der Waals surface area (Å²) in [5.41, 5.74) is 4.58. The van der Waals surface area contributed by atoms with E-state index in [0.29, 0.717) is 0 Å². The highest BCUT2D eigenvalue weighted by molar-refractivity contribution is 7.99. The van der Waals surface area contributed by atoms with E-state index >= 15 is 0 Å². The molecule has 0 rings (SSSR count). The fraction of sp³-hybridized carbons (Fsp3) is 0.800. The Kier molecular flexibility index (Phi) is 4.42. The normalized spacial score (nSPS) is 16.3. The summed E-state index contributed by atoms with van der Waals surface area (Å²) in [4.78, 5) is 10.1. The molecule has 0 aromatic heterocycles. The Morgan fingerprint density at radius 3 is 2.60 bits per heavy atom. The maximum absolute atomic E-state index is 10.1. The van der Waals surface area contributed by atoms with E-state index in [-0.39, 0.29) is 5.75 Å². The average Bonchev–Trinajstić information content (AvgIpc) is 1.82. The van der Waals surface area contributed by atoms with Crippen LogP contribution < -0.4 is 5.73 Å². The van der Waals surface area contributed by atoms with Gasteiger partial charge in [-0.1, -0.05) is 0 Å². The molecule has 4 nitrogen and oxygen atoms in total. The van der Waals surface area contributed by atoms with E-state index in [1.807, 2.05) is 0 Å². The number of hydrogen-bond donors (Lipinski definition) is 3. The Morgan fingerprint density at radius 1 is 1.80 bits per heavy atom. The van der Waals surface area contributed by atoms with Gasteiger partial charge >= 0.3 is 5.97 Å². The number of hydrogen-bond acceptors (Lipinski definition) is 4. The van der Waals surface area contributed by atoms with E-state index in [4.69, 9.17) is 15.9 Å². The highest BCUT2D eigenvalue weighted by atomic mass is 32.2. The number of carboxylic acids is 1. The molecule has 5 heteroatoms. The Bertz CT molecular complexity index is 117. The molecule has 60 valence electrons. The highest BCUT2D eigenvalue weighted by Crippen LogP contribution is 2.07. The number of carbonyl (C=O) groups is 1. The Morgan fingerprint density at radius 2 is 2.30 bits per heavy atom. The minimum Gasteiger partial charge on any atom is -0.480 e.